The summed E-state index contributed by atoms with van der Waals surface area (Å²) in [6.45, 7) is 5.11. The van der Waals surface area contributed by atoms with E-state index in [0.29, 0.717) is 46.8 Å². The molecular formula is C39H41Cl4I5N7O8V2. The molecular weight excluding hydrogens is 1570 g/mol. The van der Waals surface area contributed by atoms with E-state index < -0.39 is 60.3 Å². The van der Waals surface area contributed by atoms with Gasteiger partial charge in [0.25, 0.3) is 0 Å². The number of hydrogen-bond acceptors (Lipinski definition) is 13. The second-order valence-electron chi connectivity index (χ2n) is 14.7. The summed E-state index contributed by atoms with van der Waals surface area (Å²) in [7, 11) is 3.75. The summed E-state index contributed by atoms with van der Waals surface area (Å²) in [6.07, 6.45) is -1.38. The quantitative estimate of drug-likeness (QED) is 0.0901. The Morgan fingerprint density at radius 2 is 1.25 bits per heavy atom. The van der Waals surface area contributed by atoms with Crippen LogP contribution in [-0.4, -0.2) is 99.3 Å². The third-order valence-corrected chi connectivity index (χ3v) is 12.5. The Kier molecular flexibility index (Phi) is 22.1. The Morgan fingerprint density at radius 3 is 1.78 bits per heavy atom. The number of ether oxygens (including phenoxy) is 4. The molecule has 8 rings (SSSR count). The molecule has 0 bridgehead atoms. The van der Waals surface area contributed by atoms with Gasteiger partial charge in [0, 0.05) is 32.0 Å². The number of aliphatic hydroxyl groups excluding tert-OH is 3. The molecule has 15 nitrogen and oxygen atoms in total. The molecule has 0 unspecified atom stereocenters. The minimum absolute atomic E-state index is 0.261. The summed E-state index contributed by atoms with van der Waals surface area (Å²) < 4.78 is 27.2. The number of hydrogen-bond donors (Lipinski definition) is 5. The van der Waals surface area contributed by atoms with Crippen molar-refractivity contribution in [1.29, 1.82) is 0 Å². The topological polar surface area (TPSA) is 205 Å². The first-order chi connectivity index (χ1) is 30.7. The fourth-order valence-corrected chi connectivity index (χ4v) is 8.18. The van der Waals surface area contributed by atoms with Crippen LogP contribution in [0, 0.1) is 6.92 Å². The van der Waals surface area contributed by atoms with Gasteiger partial charge in [0.1, 0.15) is 77.6 Å². The summed E-state index contributed by atoms with van der Waals surface area (Å²) in [6, 6.07) is 13.5. The van der Waals surface area contributed by atoms with Crippen LogP contribution in [0.5, 0.6) is 0 Å². The molecule has 10 atom stereocenters. The number of aliphatic hydroxyl groups is 4. The van der Waals surface area contributed by atoms with Gasteiger partial charge < -0.3 is 54.2 Å². The second kappa shape index (κ2) is 25.2. The van der Waals surface area contributed by atoms with Crippen LogP contribution < -0.4 is 5.73 Å². The van der Waals surface area contributed by atoms with Gasteiger partial charge in [0.2, 0.25) is 0 Å². The summed E-state index contributed by atoms with van der Waals surface area (Å²) in [5, 5.41) is 46.7. The van der Waals surface area contributed by atoms with Crippen LogP contribution in [0.25, 0.3) is 22.1 Å². The SMILES string of the molecule is CO[C@H](c1ccc(Cl)c(Cl)c1)[C@H]1O[C@@H](n2ccc3c(C)ncnc32)[C@H](O)[C@]1(C)OC.C[C@@]1(O)[C@@H]([C@H](O)c2ccc(Cl)c(Cl)c2)O[C@@H](n2ccc3c(N)ncnc32)[C@@H]1O.[I][V]([I])[I].[I][V][I]. The zero-order valence-corrected chi connectivity index (χ0v) is 51.1. The van der Waals surface area contributed by atoms with Crippen LogP contribution >= 0.6 is 146 Å². The van der Waals surface area contributed by atoms with Crippen molar-refractivity contribution in [1.82, 2.24) is 29.1 Å². The van der Waals surface area contributed by atoms with E-state index >= 15 is 0 Å². The Bertz CT molecular complexity index is 2560. The first kappa shape index (κ1) is 57.0. The molecule has 2 aliphatic heterocycles. The van der Waals surface area contributed by atoms with Gasteiger partial charge in [-0.05, 0) is 68.3 Å². The molecule has 0 spiro atoms. The van der Waals surface area contributed by atoms with E-state index in [9.17, 15) is 20.4 Å². The molecule has 26 heteroatoms. The fourth-order valence-electron chi connectivity index (χ4n) is 7.56. The van der Waals surface area contributed by atoms with Gasteiger partial charge in [-0.15, -0.1) is 0 Å². The summed E-state index contributed by atoms with van der Waals surface area (Å²) in [5.74, 6) is 0.287. The van der Waals surface area contributed by atoms with Crippen LogP contribution in [0.3, 0.4) is 0 Å². The van der Waals surface area contributed by atoms with Crippen molar-refractivity contribution in [2.75, 3.05) is 20.0 Å². The van der Waals surface area contributed by atoms with Crippen LogP contribution in [0.4, 0.5) is 5.82 Å². The number of rotatable bonds is 8. The Balaban J connectivity index is 0.000000214. The first-order valence-corrected chi connectivity index (χ1v) is 42.8. The molecule has 2 aromatic carbocycles. The third kappa shape index (κ3) is 12.9. The van der Waals surface area contributed by atoms with Gasteiger partial charge in [-0.1, -0.05) is 58.5 Å². The van der Waals surface area contributed by atoms with Gasteiger partial charge in [-0.2, -0.15) is 0 Å². The number of nitrogens with zero attached hydrogens (tertiary/aromatic N) is 6. The Morgan fingerprint density at radius 1 is 0.769 bits per heavy atom. The third-order valence-electron chi connectivity index (χ3n) is 11.0. The van der Waals surface area contributed by atoms with Crippen LogP contribution in [-0.2, 0) is 33.3 Å². The summed E-state index contributed by atoms with van der Waals surface area (Å²) in [5.41, 5.74) is 6.17. The Hall–Kier alpha value is 1.14. The second-order valence-corrected chi connectivity index (χ2v) is 63.5. The number of nitrogen functional groups attached to an aromatic ring is 1. The van der Waals surface area contributed by atoms with Crippen molar-refractivity contribution < 1.29 is 53.8 Å². The number of aromatic nitrogens is 6. The van der Waals surface area contributed by atoms with Gasteiger partial charge in [0.05, 0.1) is 31.2 Å². The standard InChI is InChI=1S/C21H23Cl2N3O4.C18H18Cl2N4O4.5HI.2V/c1-11-13-7-8-26(19(13)25-10-24-11)20-17(27)21(2,29-4)18(30-20)16(28-3)12-5-6-14(22)15(23)9-12;1-18(27)13(26)17(24-5-4-9-15(21)22-7-23-16(9)24)28-14(18)12(25)8-2-3-10(19)11(20)6-8;;;;;;;/h5-10,16-18,20,27H,1-4H3;2-7,12-14,17,25-27H,1H3,(H2,21,22,23);5*1H;;/q;;;;;;;+2;+3/p-5/t16-,17+,18-,20-,21+;12-,13+,14-,17-,18+;;;;;;;/m11......./s1. The number of fused-ring (bicyclic) bond motifs is 2. The van der Waals surface area contributed by atoms with E-state index in [0.717, 1.165) is 16.6 Å². The molecule has 0 amide bonds. The predicted octanol–water partition coefficient (Wildman–Crippen LogP) is 10.6. The van der Waals surface area contributed by atoms with Crippen LogP contribution in [0.2, 0.25) is 20.1 Å². The number of methoxy groups -OCH3 is 2. The first-order valence-electron chi connectivity index (χ1n) is 18.8. The zero-order chi connectivity index (χ0) is 48.1. The minimum atomic E-state index is -1.76. The van der Waals surface area contributed by atoms with Crippen molar-refractivity contribution in [3.63, 3.8) is 0 Å². The fraction of sp³-hybridized carbons (Fsp3) is 0.385. The van der Waals surface area contributed by atoms with Crippen molar-refractivity contribution in [2.24, 2.45) is 0 Å². The van der Waals surface area contributed by atoms with Crippen molar-refractivity contribution in [2.45, 2.75) is 81.1 Å². The molecule has 0 aliphatic carbocycles. The molecule has 2 saturated heterocycles. The average Bonchev–Trinajstić information content (AvgIpc) is 4.01. The van der Waals surface area contributed by atoms with Crippen molar-refractivity contribution in [3.8, 4) is 0 Å². The molecule has 2 fully saturated rings. The van der Waals surface area contributed by atoms with Gasteiger partial charge >= 0.3 is 114 Å². The predicted molar refractivity (Wildman–Crippen MR) is 288 cm³/mol. The van der Waals surface area contributed by atoms with E-state index in [2.05, 4.69) is 120 Å². The normalized spacial score (nSPS) is 25.9. The number of benzene rings is 2. The number of anilines is 1. The van der Waals surface area contributed by atoms with E-state index in [-0.39, 0.29) is 15.8 Å². The summed E-state index contributed by atoms with van der Waals surface area (Å²) >= 11 is 36.4. The van der Waals surface area contributed by atoms with Crippen LogP contribution in [0.1, 0.15) is 55.3 Å². The number of nitrogens with two attached hydrogens (primary N) is 1. The van der Waals surface area contributed by atoms with Crippen molar-refractivity contribution in [3.05, 3.63) is 110 Å². The van der Waals surface area contributed by atoms with Gasteiger partial charge in [-0.25, -0.2) is 19.9 Å². The molecule has 4 aromatic heterocycles. The molecule has 6 heterocycles. The van der Waals surface area contributed by atoms with E-state index in [1.165, 1.54) is 25.6 Å². The molecule has 6 aromatic rings. The maximum atomic E-state index is 11.3. The number of aryl methyl sites for hydroxylation is 1. The average molecular weight is 1610 g/mol. The molecule has 0 radical (unpaired) electrons. The van der Waals surface area contributed by atoms with Crippen LogP contribution in [0.15, 0.2) is 73.6 Å². The van der Waals surface area contributed by atoms with E-state index in [1.54, 1.807) is 66.8 Å². The van der Waals surface area contributed by atoms with Gasteiger partial charge in [0.15, 0.2) is 12.5 Å². The van der Waals surface area contributed by atoms with E-state index in [4.69, 9.17) is 71.1 Å². The molecule has 2 aliphatic rings. The molecule has 0 saturated carbocycles. The molecule has 6 N–H and O–H groups in total. The molecule has 65 heavy (non-hydrogen) atoms. The molecule has 353 valence electrons. The van der Waals surface area contributed by atoms with Gasteiger partial charge in [-0.3, -0.25) is 0 Å². The monoisotopic (exact) mass is 1610 g/mol. The Labute approximate surface area is 461 Å². The summed E-state index contributed by atoms with van der Waals surface area (Å²) in [4.78, 5) is 16.4. The van der Waals surface area contributed by atoms with E-state index in [1.807, 2.05) is 25.3 Å². The zero-order valence-electron chi connectivity index (χ0n) is 34.5. The number of halogens is 9. The maximum absolute atomic E-state index is 11.3. The van der Waals surface area contributed by atoms with Crippen molar-refractivity contribution >= 4 is 174 Å².